The number of carbonyl (C=O) groups excluding carboxylic acids is 2. The van der Waals surface area contributed by atoms with Crippen molar-refractivity contribution in [2.75, 3.05) is 31.6 Å². The number of benzene rings is 1. The molecular formula is C16H19N3O3S. The number of carbonyl (C=O) groups is 2. The molecule has 0 unspecified atom stereocenters. The van der Waals surface area contributed by atoms with Crippen LogP contribution in [0.4, 0.5) is 5.13 Å². The minimum Gasteiger partial charge on any atom is -0.468 e. The molecule has 6 nitrogen and oxygen atoms in total. The lowest BCUT2D eigenvalue weighted by atomic mass is 9.96. The van der Waals surface area contributed by atoms with Crippen molar-refractivity contribution in [3.8, 4) is 0 Å². The van der Waals surface area contributed by atoms with Gasteiger partial charge >= 0.3 is 5.97 Å². The van der Waals surface area contributed by atoms with Gasteiger partial charge in [0.1, 0.15) is 6.54 Å². The third-order valence-electron chi connectivity index (χ3n) is 4.05. The van der Waals surface area contributed by atoms with Gasteiger partial charge in [-0.1, -0.05) is 23.5 Å². The van der Waals surface area contributed by atoms with Crippen molar-refractivity contribution >= 4 is 38.6 Å². The van der Waals surface area contributed by atoms with Crippen molar-refractivity contribution in [1.82, 2.24) is 10.3 Å². The molecule has 0 spiro atoms. The molecule has 0 saturated carbocycles. The molecule has 2 heterocycles. The smallest absolute Gasteiger partial charge is 0.325 e. The normalized spacial score (nSPS) is 15.6. The highest BCUT2D eigenvalue weighted by Crippen LogP contribution is 2.31. The Hall–Kier alpha value is -2.15. The summed E-state index contributed by atoms with van der Waals surface area (Å²) in [5, 5.41) is 3.65. The quantitative estimate of drug-likeness (QED) is 0.864. The number of rotatable bonds is 4. The van der Waals surface area contributed by atoms with Gasteiger partial charge in [-0.25, -0.2) is 4.98 Å². The molecule has 2 aromatic rings. The van der Waals surface area contributed by atoms with Crippen molar-refractivity contribution in [2.45, 2.75) is 12.8 Å². The number of aromatic nitrogens is 1. The number of anilines is 1. The van der Waals surface area contributed by atoms with Crippen LogP contribution < -0.4 is 10.2 Å². The fraction of sp³-hybridized carbons (Fsp3) is 0.438. The van der Waals surface area contributed by atoms with Crippen LogP contribution in [-0.2, 0) is 14.3 Å². The number of para-hydroxylation sites is 1. The summed E-state index contributed by atoms with van der Waals surface area (Å²) in [5.74, 6) is -0.546. The number of methoxy groups -OCH3 is 1. The van der Waals surface area contributed by atoms with Crippen molar-refractivity contribution in [1.29, 1.82) is 0 Å². The topological polar surface area (TPSA) is 71.5 Å². The summed E-state index contributed by atoms with van der Waals surface area (Å²) in [7, 11) is 1.31. The highest BCUT2D eigenvalue weighted by Gasteiger charge is 2.26. The van der Waals surface area contributed by atoms with E-state index in [1.165, 1.54) is 11.8 Å². The minimum absolute atomic E-state index is 0.0507. The van der Waals surface area contributed by atoms with Crippen molar-refractivity contribution in [3.05, 3.63) is 24.3 Å². The predicted octanol–water partition coefficient (Wildman–Crippen LogP) is 1.80. The molecule has 1 aliphatic rings. The summed E-state index contributed by atoms with van der Waals surface area (Å²) in [6.07, 6.45) is 1.53. The van der Waals surface area contributed by atoms with Crippen LogP contribution in [0.2, 0.25) is 0 Å². The molecule has 1 amide bonds. The number of ether oxygens (including phenoxy) is 1. The van der Waals surface area contributed by atoms with Crippen molar-refractivity contribution in [3.63, 3.8) is 0 Å². The fourth-order valence-corrected chi connectivity index (χ4v) is 3.72. The van der Waals surface area contributed by atoms with E-state index >= 15 is 0 Å². The monoisotopic (exact) mass is 333 g/mol. The Kier molecular flexibility index (Phi) is 4.76. The van der Waals surface area contributed by atoms with Crippen LogP contribution in [-0.4, -0.2) is 43.6 Å². The number of esters is 1. The standard InChI is InChI=1S/C16H19N3O3S/c1-22-14(20)10-17-15(21)11-6-8-19(9-7-11)16-18-12-4-2-3-5-13(12)23-16/h2-5,11H,6-10H2,1H3,(H,17,21). The molecule has 0 radical (unpaired) electrons. The van der Waals surface area contributed by atoms with Gasteiger partial charge in [-0.3, -0.25) is 9.59 Å². The number of nitrogens with one attached hydrogen (secondary N) is 1. The Morgan fingerprint density at radius 2 is 2.09 bits per heavy atom. The summed E-state index contributed by atoms with van der Waals surface area (Å²) in [4.78, 5) is 30.0. The molecule has 7 heteroatoms. The number of amides is 1. The summed E-state index contributed by atoms with van der Waals surface area (Å²) < 4.78 is 5.70. The van der Waals surface area contributed by atoms with E-state index in [0.717, 1.165) is 36.6 Å². The molecule has 3 rings (SSSR count). The van der Waals surface area contributed by atoms with Crippen LogP contribution in [0.15, 0.2) is 24.3 Å². The lowest BCUT2D eigenvalue weighted by molar-refractivity contribution is -0.141. The largest absolute Gasteiger partial charge is 0.468 e. The lowest BCUT2D eigenvalue weighted by Gasteiger charge is -2.30. The average molecular weight is 333 g/mol. The van der Waals surface area contributed by atoms with Gasteiger partial charge in [-0.05, 0) is 25.0 Å². The Morgan fingerprint density at radius 3 is 2.78 bits per heavy atom. The van der Waals surface area contributed by atoms with Crippen molar-refractivity contribution in [2.24, 2.45) is 5.92 Å². The molecule has 1 saturated heterocycles. The Labute approximate surface area is 138 Å². The second-order valence-electron chi connectivity index (χ2n) is 5.52. The molecule has 1 N–H and O–H groups in total. The second kappa shape index (κ2) is 6.95. The van der Waals surface area contributed by atoms with Gasteiger partial charge < -0.3 is 15.0 Å². The first-order valence-electron chi connectivity index (χ1n) is 7.62. The Bertz CT molecular complexity index is 674. The zero-order valence-corrected chi connectivity index (χ0v) is 13.8. The van der Waals surface area contributed by atoms with E-state index < -0.39 is 5.97 Å². The zero-order valence-electron chi connectivity index (χ0n) is 12.9. The number of hydrogen-bond donors (Lipinski definition) is 1. The van der Waals surface area contributed by atoms with E-state index in [1.54, 1.807) is 11.3 Å². The SMILES string of the molecule is COC(=O)CNC(=O)C1CCN(c2nc3ccccc3s2)CC1. The number of piperidine rings is 1. The Morgan fingerprint density at radius 1 is 1.35 bits per heavy atom. The molecule has 0 bridgehead atoms. The van der Waals surface area contributed by atoms with E-state index in [4.69, 9.17) is 0 Å². The van der Waals surface area contributed by atoms with E-state index in [9.17, 15) is 9.59 Å². The predicted molar refractivity (Wildman–Crippen MR) is 89.6 cm³/mol. The van der Waals surface area contributed by atoms with Crippen molar-refractivity contribution < 1.29 is 14.3 Å². The maximum absolute atomic E-state index is 12.1. The van der Waals surface area contributed by atoms with Crippen LogP contribution >= 0.6 is 11.3 Å². The molecule has 122 valence electrons. The summed E-state index contributed by atoms with van der Waals surface area (Å²) in [5.41, 5.74) is 1.02. The van der Waals surface area contributed by atoms with E-state index in [1.807, 2.05) is 18.2 Å². The number of hydrogen-bond acceptors (Lipinski definition) is 6. The molecule has 1 fully saturated rings. The zero-order chi connectivity index (χ0) is 16.2. The van der Waals surface area contributed by atoms with Gasteiger partial charge in [0.05, 0.1) is 17.3 Å². The molecular weight excluding hydrogens is 314 g/mol. The van der Waals surface area contributed by atoms with Crippen LogP contribution in [0.5, 0.6) is 0 Å². The number of nitrogens with zero attached hydrogens (tertiary/aromatic N) is 2. The Balaban J connectivity index is 1.55. The highest BCUT2D eigenvalue weighted by molar-refractivity contribution is 7.22. The first kappa shape index (κ1) is 15.7. The lowest BCUT2D eigenvalue weighted by Crippen LogP contribution is -2.42. The second-order valence-corrected chi connectivity index (χ2v) is 6.53. The van der Waals surface area contributed by atoms with Crippen LogP contribution in [0.3, 0.4) is 0 Å². The summed E-state index contributed by atoms with van der Waals surface area (Å²) in [6, 6.07) is 8.09. The summed E-state index contributed by atoms with van der Waals surface area (Å²) >= 11 is 1.68. The van der Waals surface area contributed by atoms with E-state index in [-0.39, 0.29) is 18.4 Å². The van der Waals surface area contributed by atoms with Crippen LogP contribution in [0.25, 0.3) is 10.2 Å². The van der Waals surface area contributed by atoms with Crippen LogP contribution in [0, 0.1) is 5.92 Å². The summed E-state index contributed by atoms with van der Waals surface area (Å²) in [6.45, 7) is 1.54. The minimum atomic E-state index is -0.426. The number of fused-ring (bicyclic) bond motifs is 1. The molecule has 0 atom stereocenters. The first-order chi connectivity index (χ1) is 11.2. The van der Waals surface area contributed by atoms with Gasteiger partial charge in [-0.15, -0.1) is 0 Å². The first-order valence-corrected chi connectivity index (χ1v) is 8.44. The van der Waals surface area contributed by atoms with Crippen LogP contribution in [0.1, 0.15) is 12.8 Å². The maximum Gasteiger partial charge on any atom is 0.325 e. The molecule has 1 aliphatic heterocycles. The van der Waals surface area contributed by atoms with Gasteiger partial charge in [0.15, 0.2) is 5.13 Å². The van der Waals surface area contributed by atoms with E-state index in [2.05, 4.69) is 26.0 Å². The van der Waals surface area contributed by atoms with Gasteiger partial charge in [0.2, 0.25) is 5.91 Å². The van der Waals surface area contributed by atoms with Gasteiger partial charge in [-0.2, -0.15) is 0 Å². The third kappa shape index (κ3) is 3.61. The average Bonchev–Trinajstić information content (AvgIpc) is 3.03. The van der Waals surface area contributed by atoms with Gasteiger partial charge in [0, 0.05) is 19.0 Å². The maximum atomic E-state index is 12.1. The third-order valence-corrected chi connectivity index (χ3v) is 5.15. The molecule has 0 aliphatic carbocycles. The molecule has 1 aromatic carbocycles. The van der Waals surface area contributed by atoms with E-state index in [0.29, 0.717) is 0 Å². The van der Waals surface area contributed by atoms with Gasteiger partial charge in [0.25, 0.3) is 0 Å². The number of thiazole rings is 1. The highest BCUT2D eigenvalue weighted by atomic mass is 32.1. The fourth-order valence-electron chi connectivity index (χ4n) is 2.70. The molecule has 1 aromatic heterocycles. The molecule has 23 heavy (non-hydrogen) atoms.